The summed E-state index contributed by atoms with van der Waals surface area (Å²) in [6, 6.07) is 4.31. The van der Waals surface area contributed by atoms with Crippen LogP contribution in [0.25, 0.3) is 0 Å². The molecule has 2 fully saturated rings. The molecule has 1 amide bonds. The van der Waals surface area contributed by atoms with Crippen molar-refractivity contribution < 1.29 is 9.53 Å². The highest BCUT2D eigenvalue weighted by molar-refractivity contribution is 5.79. The SMILES string of the molecule is Cc1ccc(CN2C[C@@H]3COC[C@H](C2)N(C)C3=O)nc1. The second-order valence-corrected chi connectivity index (χ2v) is 5.86. The second kappa shape index (κ2) is 5.50. The molecule has 0 radical (unpaired) electrons. The molecule has 0 unspecified atom stereocenters. The van der Waals surface area contributed by atoms with E-state index in [-0.39, 0.29) is 17.9 Å². The predicted octanol–water partition coefficient (Wildman–Crippen LogP) is 0.679. The third-order valence-electron chi connectivity index (χ3n) is 4.18. The van der Waals surface area contributed by atoms with Gasteiger partial charge in [-0.2, -0.15) is 0 Å². The maximum Gasteiger partial charge on any atom is 0.229 e. The fourth-order valence-electron chi connectivity index (χ4n) is 2.94. The largest absolute Gasteiger partial charge is 0.378 e. The van der Waals surface area contributed by atoms with Gasteiger partial charge in [0.05, 0.1) is 30.9 Å². The number of pyridine rings is 1. The van der Waals surface area contributed by atoms with Crippen molar-refractivity contribution in [3.8, 4) is 0 Å². The van der Waals surface area contributed by atoms with E-state index in [0.717, 1.165) is 25.3 Å². The van der Waals surface area contributed by atoms with E-state index in [1.54, 1.807) is 0 Å². The summed E-state index contributed by atoms with van der Waals surface area (Å²) in [5.41, 5.74) is 2.23. The number of hydrogen-bond acceptors (Lipinski definition) is 4. The predicted molar refractivity (Wildman–Crippen MR) is 75.1 cm³/mol. The van der Waals surface area contributed by atoms with Gasteiger partial charge in [-0.1, -0.05) is 6.07 Å². The summed E-state index contributed by atoms with van der Waals surface area (Å²) in [7, 11) is 1.89. The normalized spacial score (nSPS) is 27.5. The van der Waals surface area contributed by atoms with Gasteiger partial charge in [0.15, 0.2) is 0 Å². The minimum Gasteiger partial charge on any atom is -0.378 e. The fraction of sp³-hybridized carbons (Fsp3) is 0.600. The summed E-state index contributed by atoms with van der Waals surface area (Å²) in [6.07, 6.45) is 1.90. The topological polar surface area (TPSA) is 45.7 Å². The average molecular weight is 275 g/mol. The highest BCUT2D eigenvalue weighted by Crippen LogP contribution is 2.20. The number of nitrogens with zero attached hydrogens (tertiary/aromatic N) is 3. The van der Waals surface area contributed by atoms with Crippen molar-refractivity contribution in [3.63, 3.8) is 0 Å². The molecule has 0 aliphatic carbocycles. The lowest BCUT2D eigenvalue weighted by Crippen LogP contribution is -2.43. The van der Waals surface area contributed by atoms with Crippen LogP contribution in [0.15, 0.2) is 18.3 Å². The van der Waals surface area contributed by atoms with E-state index in [4.69, 9.17) is 4.74 Å². The van der Waals surface area contributed by atoms with Gasteiger partial charge in [-0.3, -0.25) is 14.7 Å². The molecule has 3 rings (SSSR count). The average Bonchev–Trinajstić information content (AvgIpc) is 2.60. The molecule has 2 aliphatic rings. The molecule has 108 valence electrons. The summed E-state index contributed by atoms with van der Waals surface area (Å²) in [5, 5.41) is 0. The molecular formula is C15H21N3O2. The Morgan fingerprint density at radius 3 is 2.95 bits per heavy atom. The van der Waals surface area contributed by atoms with Gasteiger partial charge in [-0.15, -0.1) is 0 Å². The van der Waals surface area contributed by atoms with E-state index < -0.39 is 0 Å². The highest BCUT2D eigenvalue weighted by Gasteiger charge is 2.37. The monoisotopic (exact) mass is 275 g/mol. The molecular weight excluding hydrogens is 254 g/mol. The molecule has 2 saturated heterocycles. The van der Waals surface area contributed by atoms with E-state index in [9.17, 15) is 4.79 Å². The molecule has 0 saturated carbocycles. The van der Waals surface area contributed by atoms with Crippen molar-refractivity contribution in [2.45, 2.75) is 19.5 Å². The van der Waals surface area contributed by atoms with Crippen LogP contribution in [0.3, 0.4) is 0 Å². The first kappa shape index (κ1) is 13.5. The molecule has 3 heterocycles. The molecule has 0 aromatic carbocycles. The zero-order valence-electron chi connectivity index (χ0n) is 12.1. The Hall–Kier alpha value is -1.46. The van der Waals surface area contributed by atoms with Crippen LogP contribution >= 0.6 is 0 Å². The molecule has 1 aromatic rings. The number of aromatic nitrogens is 1. The van der Waals surface area contributed by atoms with E-state index in [1.165, 1.54) is 5.56 Å². The Bertz CT molecular complexity index is 488. The van der Waals surface area contributed by atoms with Crippen LogP contribution in [0.5, 0.6) is 0 Å². The third kappa shape index (κ3) is 2.69. The number of rotatable bonds is 2. The lowest BCUT2D eigenvalue weighted by molar-refractivity contribution is -0.133. The number of aryl methyl sites for hydroxylation is 1. The van der Waals surface area contributed by atoms with E-state index in [1.807, 2.05) is 25.1 Å². The standard InChI is InChI=1S/C15H21N3O2/c1-11-3-4-13(16-5-11)7-18-6-12-9-20-10-14(8-18)17(2)15(12)19/h3-5,12,14H,6-10H2,1-2H3/t12-,14+/m1/s1. The molecule has 0 N–H and O–H groups in total. The van der Waals surface area contributed by atoms with Crippen LogP contribution in [0.1, 0.15) is 11.3 Å². The number of hydrogen-bond donors (Lipinski definition) is 0. The van der Waals surface area contributed by atoms with Crippen LogP contribution in [0, 0.1) is 12.8 Å². The van der Waals surface area contributed by atoms with Crippen molar-refractivity contribution in [2.24, 2.45) is 5.92 Å². The van der Waals surface area contributed by atoms with E-state index >= 15 is 0 Å². The first-order chi connectivity index (χ1) is 9.63. The van der Waals surface area contributed by atoms with Crippen molar-refractivity contribution in [2.75, 3.05) is 33.4 Å². The van der Waals surface area contributed by atoms with E-state index in [0.29, 0.717) is 13.2 Å². The van der Waals surface area contributed by atoms with Crippen LogP contribution in [0.4, 0.5) is 0 Å². The Balaban J connectivity index is 1.75. The number of amides is 1. The van der Waals surface area contributed by atoms with E-state index in [2.05, 4.69) is 22.0 Å². The fourth-order valence-corrected chi connectivity index (χ4v) is 2.94. The zero-order valence-corrected chi connectivity index (χ0v) is 12.1. The minimum atomic E-state index is -0.0436. The maximum atomic E-state index is 12.3. The number of carbonyl (C=O) groups is 1. The number of carbonyl (C=O) groups excluding carboxylic acids is 1. The van der Waals surface area contributed by atoms with Crippen LogP contribution in [-0.4, -0.2) is 60.1 Å². The smallest absolute Gasteiger partial charge is 0.229 e. The van der Waals surface area contributed by atoms with Gasteiger partial charge in [0.1, 0.15) is 0 Å². The molecule has 20 heavy (non-hydrogen) atoms. The third-order valence-corrected chi connectivity index (χ3v) is 4.18. The molecule has 2 bridgehead atoms. The molecule has 5 heteroatoms. The lowest BCUT2D eigenvalue weighted by atomic mass is 10.1. The van der Waals surface area contributed by atoms with Gasteiger partial charge in [-0.25, -0.2) is 0 Å². The van der Waals surface area contributed by atoms with Gasteiger partial charge >= 0.3 is 0 Å². The summed E-state index contributed by atoms with van der Waals surface area (Å²) in [4.78, 5) is 20.9. The molecule has 1 aromatic heterocycles. The van der Waals surface area contributed by atoms with Gasteiger partial charge < -0.3 is 9.64 Å². The van der Waals surface area contributed by atoms with Gasteiger partial charge in [0.25, 0.3) is 0 Å². The summed E-state index contributed by atoms with van der Waals surface area (Å²) in [5.74, 6) is 0.171. The van der Waals surface area contributed by atoms with Crippen LogP contribution < -0.4 is 0 Å². The van der Waals surface area contributed by atoms with Gasteiger partial charge in [-0.05, 0) is 18.6 Å². The number of likely N-dealkylation sites (N-methyl/N-ethyl adjacent to an activating group) is 1. The number of fused-ring (bicyclic) bond motifs is 3. The summed E-state index contributed by atoms with van der Waals surface area (Å²) in [6.45, 7) is 5.63. The number of ether oxygens (including phenoxy) is 1. The van der Waals surface area contributed by atoms with Crippen LogP contribution in [-0.2, 0) is 16.1 Å². The molecule has 2 aliphatic heterocycles. The van der Waals surface area contributed by atoms with Crippen molar-refractivity contribution in [1.82, 2.24) is 14.8 Å². The second-order valence-electron chi connectivity index (χ2n) is 5.86. The highest BCUT2D eigenvalue weighted by atomic mass is 16.5. The molecule has 5 nitrogen and oxygen atoms in total. The van der Waals surface area contributed by atoms with Crippen molar-refractivity contribution in [3.05, 3.63) is 29.6 Å². The lowest BCUT2D eigenvalue weighted by Gasteiger charge is -2.29. The quantitative estimate of drug-likeness (QED) is 0.796. The summed E-state index contributed by atoms with van der Waals surface area (Å²) >= 11 is 0. The first-order valence-electron chi connectivity index (χ1n) is 7.12. The maximum absolute atomic E-state index is 12.3. The van der Waals surface area contributed by atoms with Gasteiger partial charge in [0.2, 0.25) is 5.91 Å². The first-order valence-corrected chi connectivity index (χ1v) is 7.12. The Morgan fingerprint density at radius 1 is 1.35 bits per heavy atom. The minimum absolute atomic E-state index is 0.0436. The van der Waals surface area contributed by atoms with Crippen molar-refractivity contribution >= 4 is 5.91 Å². The molecule has 0 spiro atoms. The van der Waals surface area contributed by atoms with Crippen molar-refractivity contribution in [1.29, 1.82) is 0 Å². The zero-order chi connectivity index (χ0) is 14.1. The molecule has 2 atom stereocenters. The Labute approximate surface area is 119 Å². The Morgan fingerprint density at radius 2 is 2.20 bits per heavy atom. The van der Waals surface area contributed by atoms with Gasteiger partial charge in [0, 0.05) is 32.9 Å². The summed E-state index contributed by atoms with van der Waals surface area (Å²) < 4.78 is 5.61. The Kier molecular flexibility index (Phi) is 3.72. The van der Waals surface area contributed by atoms with Crippen LogP contribution in [0.2, 0.25) is 0 Å².